The second kappa shape index (κ2) is 12.2. The highest BCUT2D eigenvalue weighted by molar-refractivity contribution is 5.94. The number of nitrogens with one attached hydrogen (secondary N) is 2. The lowest BCUT2D eigenvalue weighted by Gasteiger charge is -2.34. The predicted octanol–water partition coefficient (Wildman–Crippen LogP) is 1.03. The van der Waals surface area contributed by atoms with E-state index in [2.05, 4.69) is 15.5 Å². The van der Waals surface area contributed by atoms with Crippen LogP contribution < -0.4 is 16.4 Å². The topological polar surface area (TPSA) is 103 Å². The van der Waals surface area contributed by atoms with Gasteiger partial charge in [0.1, 0.15) is 0 Å². The number of guanidine groups is 1. The van der Waals surface area contributed by atoms with E-state index >= 15 is 0 Å². The number of likely N-dealkylation sites (tertiary alicyclic amines) is 1. The van der Waals surface area contributed by atoms with E-state index in [0.29, 0.717) is 25.1 Å². The maximum atomic E-state index is 12.4. The van der Waals surface area contributed by atoms with Crippen LogP contribution in [-0.4, -0.2) is 74.4 Å². The summed E-state index contributed by atoms with van der Waals surface area (Å²) in [6.45, 7) is 6.40. The number of likely N-dealkylation sites (N-methyl/N-ethyl adjacent to an activating group) is 1. The third-order valence-electron chi connectivity index (χ3n) is 5.09. The molecule has 1 heterocycles. The van der Waals surface area contributed by atoms with Gasteiger partial charge >= 0.3 is 0 Å². The van der Waals surface area contributed by atoms with Gasteiger partial charge in [-0.2, -0.15) is 0 Å². The number of rotatable bonds is 9. The van der Waals surface area contributed by atoms with Crippen molar-refractivity contribution in [1.82, 2.24) is 20.4 Å². The number of benzene rings is 1. The molecule has 2 amide bonds. The van der Waals surface area contributed by atoms with E-state index < -0.39 is 0 Å². The Morgan fingerprint density at radius 3 is 2.80 bits per heavy atom. The molecule has 1 atom stereocenters. The first-order valence-electron chi connectivity index (χ1n) is 10.7. The molecule has 1 fully saturated rings. The number of aliphatic imine (C=N–C) groups is 1. The van der Waals surface area contributed by atoms with Crippen LogP contribution in [-0.2, 0) is 11.3 Å². The van der Waals surface area contributed by atoms with E-state index in [0.717, 1.165) is 50.5 Å². The second-order valence-corrected chi connectivity index (χ2v) is 8.05. The molecule has 8 heteroatoms. The van der Waals surface area contributed by atoms with Gasteiger partial charge in [-0.15, -0.1) is 0 Å². The van der Waals surface area contributed by atoms with Gasteiger partial charge in [0, 0.05) is 44.7 Å². The summed E-state index contributed by atoms with van der Waals surface area (Å²) >= 11 is 0. The highest BCUT2D eigenvalue weighted by atomic mass is 16.2. The van der Waals surface area contributed by atoms with Crippen molar-refractivity contribution >= 4 is 17.8 Å². The average Bonchev–Trinajstić information content (AvgIpc) is 2.70. The molecule has 2 rings (SSSR count). The van der Waals surface area contributed by atoms with E-state index in [1.165, 1.54) is 0 Å². The standard InChI is InChI=1S/C22H36N6O2/c1-4-24-22(28-11-6-8-18(16-28)14-20(23)29)26-15-17-7-5-9-19(13-17)21(30)25-10-12-27(2)3/h5,7,9,13,18H,4,6,8,10-12,14-16H2,1-3H3,(H2,23,29)(H,24,26)(H,25,30). The molecule has 1 aliphatic rings. The fraction of sp³-hybridized carbons (Fsp3) is 0.591. The van der Waals surface area contributed by atoms with Crippen LogP contribution in [0.3, 0.4) is 0 Å². The van der Waals surface area contributed by atoms with Crippen molar-refractivity contribution in [3.63, 3.8) is 0 Å². The molecule has 0 bridgehead atoms. The lowest BCUT2D eigenvalue weighted by Crippen LogP contribution is -2.47. The zero-order chi connectivity index (χ0) is 21.9. The summed E-state index contributed by atoms with van der Waals surface area (Å²) in [5.41, 5.74) is 7.01. The molecule has 0 aliphatic carbocycles. The van der Waals surface area contributed by atoms with Gasteiger partial charge in [-0.1, -0.05) is 12.1 Å². The molecule has 1 aliphatic heterocycles. The monoisotopic (exact) mass is 416 g/mol. The van der Waals surface area contributed by atoms with Crippen LogP contribution in [0.1, 0.15) is 42.1 Å². The Morgan fingerprint density at radius 2 is 2.10 bits per heavy atom. The molecular weight excluding hydrogens is 380 g/mol. The lowest BCUT2D eigenvalue weighted by atomic mass is 9.95. The van der Waals surface area contributed by atoms with Crippen molar-refractivity contribution in [3.8, 4) is 0 Å². The summed E-state index contributed by atoms with van der Waals surface area (Å²) in [6, 6.07) is 7.59. The number of carbonyl (C=O) groups excluding carboxylic acids is 2. The van der Waals surface area contributed by atoms with Gasteiger partial charge in [-0.25, -0.2) is 4.99 Å². The number of nitrogens with two attached hydrogens (primary N) is 1. The molecule has 0 radical (unpaired) electrons. The SMILES string of the molecule is CCNC(=NCc1cccc(C(=O)NCCN(C)C)c1)N1CCCC(CC(N)=O)C1. The van der Waals surface area contributed by atoms with Gasteiger partial charge < -0.3 is 26.2 Å². The molecule has 4 N–H and O–H groups in total. The number of hydrogen-bond donors (Lipinski definition) is 3. The third kappa shape index (κ3) is 8.02. The quantitative estimate of drug-likeness (QED) is 0.412. The third-order valence-corrected chi connectivity index (χ3v) is 5.09. The van der Waals surface area contributed by atoms with Gasteiger partial charge in [0.15, 0.2) is 5.96 Å². The smallest absolute Gasteiger partial charge is 0.251 e. The summed E-state index contributed by atoms with van der Waals surface area (Å²) in [6.07, 6.45) is 2.45. The molecule has 8 nitrogen and oxygen atoms in total. The number of amides is 2. The zero-order valence-electron chi connectivity index (χ0n) is 18.5. The minimum Gasteiger partial charge on any atom is -0.370 e. The molecule has 0 saturated carbocycles. The predicted molar refractivity (Wildman–Crippen MR) is 120 cm³/mol. The summed E-state index contributed by atoms with van der Waals surface area (Å²) in [5, 5.41) is 6.29. The molecule has 30 heavy (non-hydrogen) atoms. The average molecular weight is 417 g/mol. The summed E-state index contributed by atoms with van der Waals surface area (Å²) in [5.74, 6) is 0.797. The molecule has 166 valence electrons. The van der Waals surface area contributed by atoms with E-state index in [9.17, 15) is 9.59 Å². The normalized spacial score (nSPS) is 17.1. The van der Waals surface area contributed by atoms with E-state index in [1.807, 2.05) is 50.2 Å². The van der Waals surface area contributed by atoms with Crippen molar-refractivity contribution in [2.75, 3.05) is 46.8 Å². The first-order valence-corrected chi connectivity index (χ1v) is 10.7. The summed E-state index contributed by atoms with van der Waals surface area (Å²) < 4.78 is 0. The number of nitrogens with zero attached hydrogens (tertiary/aromatic N) is 3. The fourth-order valence-electron chi connectivity index (χ4n) is 3.61. The second-order valence-electron chi connectivity index (χ2n) is 8.05. The Labute approximate surface area is 179 Å². The van der Waals surface area contributed by atoms with Crippen LogP contribution in [0.25, 0.3) is 0 Å². The summed E-state index contributed by atoms with van der Waals surface area (Å²) in [4.78, 5) is 32.7. The zero-order valence-corrected chi connectivity index (χ0v) is 18.5. The van der Waals surface area contributed by atoms with Gasteiger partial charge in [0.2, 0.25) is 5.91 Å². The molecule has 1 aromatic carbocycles. The molecule has 0 aromatic heterocycles. The van der Waals surface area contributed by atoms with Crippen molar-refractivity contribution in [3.05, 3.63) is 35.4 Å². The Kier molecular flexibility index (Phi) is 9.60. The largest absolute Gasteiger partial charge is 0.370 e. The highest BCUT2D eigenvalue weighted by Crippen LogP contribution is 2.19. The lowest BCUT2D eigenvalue weighted by molar-refractivity contribution is -0.119. The fourth-order valence-corrected chi connectivity index (χ4v) is 3.61. The van der Waals surface area contributed by atoms with Gasteiger partial charge in [0.25, 0.3) is 5.91 Å². The molecule has 1 aromatic rings. The summed E-state index contributed by atoms with van der Waals surface area (Å²) in [7, 11) is 3.95. The van der Waals surface area contributed by atoms with Crippen LogP contribution in [0.5, 0.6) is 0 Å². The van der Waals surface area contributed by atoms with Crippen molar-refractivity contribution in [2.24, 2.45) is 16.6 Å². The van der Waals surface area contributed by atoms with E-state index in [1.54, 1.807) is 0 Å². The molecule has 1 unspecified atom stereocenters. The van der Waals surface area contributed by atoms with Crippen LogP contribution >= 0.6 is 0 Å². The molecular formula is C22H36N6O2. The maximum absolute atomic E-state index is 12.4. The Hall–Kier alpha value is -2.61. The van der Waals surface area contributed by atoms with Crippen molar-refractivity contribution in [1.29, 1.82) is 0 Å². The van der Waals surface area contributed by atoms with E-state index in [4.69, 9.17) is 10.7 Å². The van der Waals surface area contributed by atoms with Gasteiger partial charge in [-0.3, -0.25) is 9.59 Å². The first-order chi connectivity index (χ1) is 14.4. The number of piperidine rings is 1. The van der Waals surface area contributed by atoms with Crippen molar-refractivity contribution < 1.29 is 9.59 Å². The highest BCUT2D eigenvalue weighted by Gasteiger charge is 2.23. The van der Waals surface area contributed by atoms with Crippen molar-refractivity contribution in [2.45, 2.75) is 32.7 Å². The van der Waals surface area contributed by atoms with Crippen LogP contribution in [0.2, 0.25) is 0 Å². The number of primary amides is 1. The minimum atomic E-state index is -0.246. The minimum absolute atomic E-state index is 0.0695. The van der Waals surface area contributed by atoms with Crippen LogP contribution in [0.15, 0.2) is 29.3 Å². The number of carbonyl (C=O) groups is 2. The van der Waals surface area contributed by atoms with E-state index in [-0.39, 0.29) is 17.7 Å². The van der Waals surface area contributed by atoms with Crippen LogP contribution in [0, 0.1) is 5.92 Å². The first kappa shape index (κ1) is 23.7. The maximum Gasteiger partial charge on any atom is 0.251 e. The van der Waals surface area contributed by atoms with Gasteiger partial charge in [-0.05, 0) is 57.5 Å². The molecule has 1 saturated heterocycles. The van der Waals surface area contributed by atoms with Crippen LogP contribution in [0.4, 0.5) is 0 Å². The van der Waals surface area contributed by atoms with Gasteiger partial charge in [0.05, 0.1) is 6.54 Å². The Balaban J connectivity index is 2.02. The molecule has 0 spiro atoms. The Bertz CT molecular complexity index is 734. The Morgan fingerprint density at radius 1 is 1.30 bits per heavy atom. The number of hydrogen-bond acceptors (Lipinski definition) is 4.